The van der Waals surface area contributed by atoms with E-state index < -0.39 is 17.3 Å². The molecule has 0 heterocycles. The lowest BCUT2D eigenvalue weighted by Crippen LogP contribution is -2.36. The lowest BCUT2D eigenvalue weighted by atomic mass is 10.1. The van der Waals surface area contributed by atoms with Crippen molar-refractivity contribution in [3.05, 3.63) is 35.4 Å². The fourth-order valence-electron chi connectivity index (χ4n) is 1.31. The van der Waals surface area contributed by atoms with Crippen molar-refractivity contribution in [1.82, 2.24) is 0 Å². The predicted molar refractivity (Wildman–Crippen MR) is 80.6 cm³/mol. The summed E-state index contributed by atoms with van der Waals surface area (Å²) in [4.78, 5) is 12.3. The first-order chi connectivity index (χ1) is 7.74. The summed E-state index contributed by atoms with van der Waals surface area (Å²) in [6.45, 7) is 3.31. The molecule has 1 aromatic carbocycles. The number of sulfone groups is 1. The minimum atomic E-state index is -3.51. The molecule has 0 fully saturated rings. The molecular weight excluding hydrogens is 419 g/mol. The van der Waals surface area contributed by atoms with E-state index in [0.717, 1.165) is 5.56 Å². The Hall–Kier alpha value is 0.0500. The fraction of sp³-hybridized carbons (Fsp3) is 0.364. The third-order valence-corrected chi connectivity index (χ3v) is 8.49. The fourth-order valence-corrected chi connectivity index (χ4v) is 4.19. The van der Waals surface area contributed by atoms with E-state index in [0.29, 0.717) is 5.56 Å². The van der Waals surface area contributed by atoms with Crippen LogP contribution in [0.5, 0.6) is 0 Å². The first-order valence-corrected chi connectivity index (χ1v) is 8.47. The van der Waals surface area contributed by atoms with Crippen LogP contribution in [0.4, 0.5) is 0 Å². The van der Waals surface area contributed by atoms with Crippen LogP contribution in [0.1, 0.15) is 22.8 Å². The number of Topliss-reactive ketones (excluding diaryl/α,β-unsaturated/α-hetero) is 1. The average Bonchev–Trinajstić information content (AvgIpc) is 2.28. The van der Waals surface area contributed by atoms with Crippen molar-refractivity contribution >= 4 is 54.1 Å². The van der Waals surface area contributed by atoms with Crippen molar-refractivity contribution in [3.8, 4) is 0 Å². The van der Waals surface area contributed by atoms with Crippen LogP contribution < -0.4 is 0 Å². The van der Waals surface area contributed by atoms with Gasteiger partial charge < -0.3 is 0 Å². The largest absolute Gasteiger partial charge is 0.290 e. The Labute approximate surface area is 123 Å². The van der Waals surface area contributed by atoms with Crippen LogP contribution >= 0.6 is 38.5 Å². The van der Waals surface area contributed by atoms with E-state index >= 15 is 0 Å². The van der Waals surface area contributed by atoms with Gasteiger partial charge in [0.2, 0.25) is 7.45 Å². The summed E-state index contributed by atoms with van der Waals surface area (Å²) in [5.41, 5.74) is 1.19. The van der Waals surface area contributed by atoms with Crippen molar-refractivity contribution in [3.63, 3.8) is 0 Å². The molecule has 0 amide bonds. The summed E-state index contributed by atoms with van der Waals surface area (Å²) in [5, 5.41) is 0. The van der Waals surface area contributed by atoms with E-state index in [4.69, 9.17) is 0 Å². The SMILES string of the molecule is CCS(=O)(=O)[C@@](Br)(I)C(=O)c1ccccc1C. The van der Waals surface area contributed by atoms with Crippen LogP contribution in [-0.4, -0.2) is 21.6 Å². The molecule has 0 aliphatic rings. The Bertz CT molecular complexity index is 537. The minimum Gasteiger partial charge on any atom is -0.290 e. The molecule has 0 radical (unpaired) electrons. The zero-order valence-electron chi connectivity index (χ0n) is 9.41. The Balaban J connectivity index is 3.28. The van der Waals surface area contributed by atoms with Gasteiger partial charge >= 0.3 is 0 Å². The lowest BCUT2D eigenvalue weighted by molar-refractivity contribution is 0.101. The van der Waals surface area contributed by atoms with Gasteiger partial charge in [0.05, 0.1) is 5.75 Å². The van der Waals surface area contributed by atoms with Gasteiger partial charge in [0.1, 0.15) is 0 Å². The molecule has 1 rings (SSSR count). The van der Waals surface area contributed by atoms with Crippen molar-refractivity contribution < 1.29 is 13.2 Å². The number of carbonyl (C=O) groups is 1. The Morgan fingerprint density at radius 1 is 1.41 bits per heavy atom. The van der Waals surface area contributed by atoms with E-state index in [1.54, 1.807) is 47.7 Å². The van der Waals surface area contributed by atoms with Crippen molar-refractivity contribution in [1.29, 1.82) is 0 Å². The maximum Gasteiger partial charge on any atom is 0.239 e. The molecule has 1 aromatic rings. The Morgan fingerprint density at radius 3 is 2.41 bits per heavy atom. The average molecular weight is 431 g/mol. The molecular formula is C11H12BrIO3S. The molecule has 0 saturated heterocycles. The Morgan fingerprint density at radius 2 is 1.94 bits per heavy atom. The number of carbonyl (C=O) groups excluding carboxylic acids is 1. The van der Waals surface area contributed by atoms with Gasteiger partial charge in [-0.05, 0) is 51.0 Å². The van der Waals surface area contributed by atoms with Crippen molar-refractivity contribution in [2.75, 3.05) is 5.75 Å². The highest BCUT2D eigenvalue weighted by molar-refractivity contribution is 14.1. The van der Waals surface area contributed by atoms with Crippen LogP contribution in [0.3, 0.4) is 0 Å². The molecule has 0 aliphatic carbocycles. The molecule has 0 aromatic heterocycles. The van der Waals surface area contributed by atoms with E-state index in [1.165, 1.54) is 6.92 Å². The summed E-state index contributed by atoms with van der Waals surface area (Å²) < 4.78 is 22.2. The molecule has 3 nitrogen and oxygen atoms in total. The zero-order chi connectivity index (χ0) is 13.3. The van der Waals surface area contributed by atoms with Gasteiger partial charge in [-0.1, -0.05) is 31.2 Å². The van der Waals surface area contributed by atoms with Crippen LogP contribution in [0.2, 0.25) is 0 Å². The number of ketones is 1. The van der Waals surface area contributed by atoms with Gasteiger partial charge in [-0.15, -0.1) is 0 Å². The summed E-state index contributed by atoms with van der Waals surface area (Å²) in [6, 6.07) is 6.95. The number of halogens is 2. The van der Waals surface area contributed by atoms with Gasteiger partial charge in [0.15, 0.2) is 9.84 Å². The standard InChI is InChI=1S/C11H12BrIO3S/c1-3-17(15,16)11(12,13)10(14)9-7-5-4-6-8(9)2/h4-7H,3H2,1-2H3/t11-/m0/s1. The van der Waals surface area contributed by atoms with Crippen LogP contribution in [0.25, 0.3) is 0 Å². The number of hydrogen-bond donors (Lipinski definition) is 0. The van der Waals surface area contributed by atoms with E-state index in [1.807, 2.05) is 6.07 Å². The maximum atomic E-state index is 12.3. The van der Waals surface area contributed by atoms with Crippen LogP contribution in [0.15, 0.2) is 24.3 Å². The summed E-state index contributed by atoms with van der Waals surface area (Å²) in [7, 11) is -3.51. The van der Waals surface area contributed by atoms with Crippen molar-refractivity contribution in [2.24, 2.45) is 0 Å². The van der Waals surface area contributed by atoms with Gasteiger partial charge in [-0.3, -0.25) is 4.79 Å². The topological polar surface area (TPSA) is 51.2 Å². The smallest absolute Gasteiger partial charge is 0.239 e. The maximum absolute atomic E-state index is 12.3. The van der Waals surface area contributed by atoms with Crippen LogP contribution in [-0.2, 0) is 9.84 Å². The molecule has 94 valence electrons. The third kappa shape index (κ3) is 2.90. The van der Waals surface area contributed by atoms with Gasteiger partial charge in [0.25, 0.3) is 0 Å². The summed E-state index contributed by atoms with van der Waals surface area (Å²) in [6.07, 6.45) is 0. The molecule has 17 heavy (non-hydrogen) atoms. The second-order valence-electron chi connectivity index (χ2n) is 3.56. The predicted octanol–water partition coefficient (Wildman–Crippen LogP) is 3.10. The monoisotopic (exact) mass is 430 g/mol. The normalized spacial score (nSPS) is 15.3. The number of aryl methyl sites for hydroxylation is 1. The molecule has 0 unspecified atom stereocenters. The number of rotatable bonds is 4. The summed E-state index contributed by atoms with van der Waals surface area (Å²) in [5.74, 6) is -0.517. The van der Waals surface area contributed by atoms with Gasteiger partial charge in [-0.25, -0.2) is 8.42 Å². The molecule has 0 saturated carbocycles. The number of hydrogen-bond acceptors (Lipinski definition) is 3. The minimum absolute atomic E-state index is 0.0845. The van der Waals surface area contributed by atoms with Gasteiger partial charge in [-0.2, -0.15) is 0 Å². The Kier molecular flexibility index (Phi) is 4.76. The van der Waals surface area contributed by atoms with Gasteiger partial charge in [0, 0.05) is 5.56 Å². The first-order valence-electron chi connectivity index (χ1n) is 4.94. The van der Waals surface area contributed by atoms with E-state index in [-0.39, 0.29) is 5.75 Å². The highest BCUT2D eigenvalue weighted by Gasteiger charge is 2.45. The molecule has 0 aliphatic heterocycles. The molecule has 0 spiro atoms. The van der Waals surface area contributed by atoms with Crippen LogP contribution in [0, 0.1) is 6.92 Å². The molecule has 1 atom stereocenters. The van der Waals surface area contributed by atoms with Crippen molar-refractivity contribution in [2.45, 2.75) is 15.5 Å². The quantitative estimate of drug-likeness (QED) is 0.419. The first kappa shape index (κ1) is 15.1. The number of benzene rings is 1. The molecule has 6 heteroatoms. The molecule has 0 bridgehead atoms. The third-order valence-electron chi connectivity index (χ3n) is 2.42. The van der Waals surface area contributed by atoms with E-state index in [2.05, 4.69) is 15.9 Å². The highest BCUT2D eigenvalue weighted by atomic mass is 127. The lowest BCUT2D eigenvalue weighted by Gasteiger charge is -2.19. The number of alkyl halides is 2. The summed E-state index contributed by atoms with van der Waals surface area (Å²) >= 11 is 4.69. The zero-order valence-corrected chi connectivity index (χ0v) is 14.0. The second kappa shape index (κ2) is 5.36. The highest BCUT2D eigenvalue weighted by Crippen LogP contribution is 2.38. The van der Waals surface area contributed by atoms with E-state index in [9.17, 15) is 13.2 Å². The molecule has 0 N–H and O–H groups in total. The second-order valence-corrected chi connectivity index (χ2v) is 11.5.